The van der Waals surface area contributed by atoms with E-state index in [1.807, 2.05) is 0 Å². The minimum atomic E-state index is -4.90. The molecular formula is C11H12F4O2. The van der Waals surface area contributed by atoms with Gasteiger partial charge in [0, 0.05) is 6.61 Å². The smallest absolute Gasteiger partial charge is 0.403 e. The molecule has 1 atom stereocenters. The second-order valence-corrected chi connectivity index (χ2v) is 3.80. The van der Waals surface area contributed by atoms with Crippen molar-refractivity contribution >= 4 is 0 Å². The molecule has 0 heterocycles. The maximum absolute atomic E-state index is 13.2. The molecule has 6 heteroatoms. The van der Waals surface area contributed by atoms with E-state index >= 15 is 0 Å². The molecule has 2 nitrogen and oxygen atoms in total. The Kier molecular flexibility index (Phi) is 4.34. The lowest BCUT2D eigenvalue weighted by Crippen LogP contribution is -2.18. The summed E-state index contributed by atoms with van der Waals surface area (Å²) in [5.41, 5.74) is 0.513. The van der Waals surface area contributed by atoms with E-state index in [4.69, 9.17) is 5.11 Å². The molecule has 1 N–H and O–H groups in total. The highest BCUT2D eigenvalue weighted by Crippen LogP contribution is 2.26. The van der Waals surface area contributed by atoms with E-state index in [0.717, 1.165) is 12.1 Å². The fourth-order valence-electron chi connectivity index (χ4n) is 1.35. The van der Waals surface area contributed by atoms with Crippen molar-refractivity contribution < 1.29 is 27.4 Å². The van der Waals surface area contributed by atoms with E-state index in [0.29, 0.717) is 12.0 Å². The first-order chi connectivity index (χ1) is 7.81. The molecule has 0 amide bonds. The second-order valence-electron chi connectivity index (χ2n) is 3.80. The first-order valence-corrected chi connectivity index (χ1v) is 4.97. The maximum atomic E-state index is 13.2. The van der Waals surface area contributed by atoms with Gasteiger partial charge in [-0.1, -0.05) is 13.0 Å². The predicted molar refractivity (Wildman–Crippen MR) is 53.0 cm³/mol. The van der Waals surface area contributed by atoms with E-state index in [2.05, 4.69) is 4.74 Å². The minimum absolute atomic E-state index is 0.0670. The van der Waals surface area contributed by atoms with Crippen LogP contribution in [0.1, 0.15) is 12.5 Å². The highest BCUT2D eigenvalue weighted by Gasteiger charge is 2.32. The summed E-state index contributed by atoms with van der Waals surface area (Å²) >= 11 is 0. The van der Waals surface area contributed by atoms with Gasteiger partial charge in [-0.3, -0.25) is 0 Å². The number of aliphatic hydroxyl groups excluding tert-OH is 1. The fraction of sp³-hybridized carbons (Fsp3) is 0.455. The van der Waals surface area contributed by atoms with Gasteiger partial charge in [0.2, 0.25) is 0 Å². The Balaban J connectivity index is 2.79. The van der Waals surface area contributed by atoms with Gasteiger partial charge in [-0.2, -0.15) is 0 Å². The van der Waals surface area contributed by atoms with Crippen LogP contribution in [-0.2, 0) is 6.42 Å². The van der Waals surface area contributed by atoms with Crippen molar-refractivity contribution in [3.63, 3.8) is 0 Å². The van der Waals surface area contributed by atoms with Crippen LogP contribution in [0, 0.1) is 11.7 Å². The number of ether oxygens (including phenoxy) is 1. The van der Waals surface area contributed by atoms with Gasteiger partial charge < -0.3 is 9.84 Å². The van der Waals surface area contributed by atoms with Gasteiger partial charge >= 0.3 is 6.36 Å². The molecule has 0 saturated carbocycles. The largest absolute Gasteiger partial charge is 0.573 e. The van der Waals surface area contributed by atoms with Gasteiger partial charge in [-0.05, 0) is 30.0 Å². The number of aliphatic hydroxyl groups is 1. The van der Waals surface area contributed by atoms with Crippen LogP contribution in [0.2, 0.25) is 0 Å². The van der Waals surface area contributed by atoms with Crippen LogP contribution in [0.25, 0.3) is 0 Å². The molecule has 0 aliphatic rings. The van der Waals surface area contributed by atoms with Crippen molar-refractivity contribution in [2.45, 2.75) is 19.7 Å². The molecule has 0 saturated heterocycles. The highest BCUT2D eigenvalue weighted by atomic mass is 19.4. The summed E-state index contributed by atoms with van der Waals surface area (Å²) in [5.74, 6) is -1.99. The van der Waals surface area contributed by atoms with E-state index in [-0.39, 0.29) is 12.5 Å². The topological polar surface area (TPSA) is 29.5 Å². The van der Waals surface area contributed by atoms with Crippen LogP contribution >= 0.6 is 0 Å². The Morgan fingerprint density at radius 1 is 1.35 bits per heavy atom. The molecule has 96 valence electrons. The first kappa shape index (κ1) is 13.8. The number of halogens is 4. The van der Waals surface area contributed by atoms with Crippen molar-refractivity contribution in [2.75, 3.05) is 6.61 Å². The summed E-state index contributed by atoms with van der Waals surface area (Å²) in [7, 11) is 0. The Bertz CT molecular complexity index is 376. The van der Waals surface area contributed by atoms with Gasteiger partial charge in [-0.15, -0.1) is 13.2 Å². The van der Waals surface area contributed by atoms with Crippen molar-refractivity contribution in [3.8, 4) is 5.75 Å². The minimum Gasteiger partial charge on any atom is -0.403 e. The van der Waals surface area contributed by atoms with Crippen LogP contribution < -0.4 is 4.74 Å². The van der Waals surface area contributed by atoms with Gasteiger partial charge in [0.25, 0.3) is 0 Å². The average molecular weight is 252 g/mol. The average Bonchev–Trinajstić information content (AvgIpc) is 2.20. The lowest BCUT2D eigenvalue weighted by atomic mass is 10.0. The van der Waals surface area contributed by atoms with Crippen LogP contribution in [0.3, 0.4) is 0 Å². The standard InChI is InChI=1S/C11H12F4O2/c1-7(6-16)4-8-2-3-10(9(12)5-8)17-11(13,14)15/h2-3,5,7,16H,4,6H2,1H3. The second kappa shape index (κ2) is 5.35. The molecule has 0 aromatic heterocycles. The maximum Gasteiger partial charge on any atom is 0.573 e. The number of alkyl halides is 3. The molecule has 1 rings (SSSR count). The highest BCUT2D eigenvalue weighted by molar-refractivity contribution is 5.29. The number of benzene rings is 1. The van der Waals surface area contributed by atoms with Crippen LogP contribution in [0.5, 0.6) is 5.75 Å². The monoisotopic (exact) mass is 252 g/mol. The third kappa shape index (κ3) is 4.60. The van der Waals surface area contributed by atoms with Gasteiger partial charge in [0.1, 0.15) is 0 Å². The molecule has 1 unspecified atom stereocenters. The third-order valence-corrected chi connectivity index (χ3v) is 2.12. The summed E-state index contributed by atoms with van der Waals surface area (Å²) in [6.07, 6.45) is -4.51. The Hall–Kier alpha value is -1.30. The molecular weight excluding hydrogens is 240 g/mol. The van der Waals surface area contributed by atoms with E-state index in [1.54, 1.807) is 6.92 Å². The molecule has 1 aromatic carbocycles. The molecule has 0 radical (unpaired) electrons. The quantitative estimate of drug-likeness (QED) is 0.835. The lowest BCUT2D eigenvalue weighted by molar-refractivity contribution is -0.275. The Morgan fingerprint density at radius 3 is 2.47 bits per heavy atom. The molecule has 1 aromatic rings. The summed E-state index contributed by atoms with van der Waals surface area (Å²) in [5, 5.41) is 8.81. The fourth-order valence-corrected chi connectivity index (χ4v) is 1.35. The predicted octanol–water partition coefficient (Wildman–Crippen LogP) is 2.90. The van der Waals surface area contributed by atoms with Gasteiger partial charge in [-0.25, -0.2) is 4.39 Å². The normalized spacial score (nSPS) is 13.5. The van der Waals surface area contributed by atoms with Crippen molar-refractivity contribution in [1.82, 2.24) is 0 Å². The van der Waals surface area contributed by atoms with Crippen LogP contribution in [-0.4, -0.2) is 18.1 Å². The molecule has 0 spiro atoms. The lowest BCUT2D eigenvalue weighted by Gasteiger charge is -2.12. The third-order valence-electron chi connectivity index (χ3n) is 2.12. The number of hydrogen-bond donors (Lipinski definition) is 1. The molecule has 0 bridgehead atoms. The molecule has 17 heavy (non-hydrogen) atoms. The zero-order chi connectivity index (χ0) is 13.1. The zero-order valence-corrected chi connectivity index (χ0v) is 9.09. The van der Waals surface area contributed by atoms with E-state index in [1.165, 1.54) is 6.07 Å². The number of hydrogen-bond acceptors (Lipinski definition) is 2. The van der Waals surface area contributed by atoms with Crippen LogP contribution in [0.15, 0.2) is 18.2 Å². The molecule has 0 fully saturated rings. The summed E-state index contributed by atoms with van der Waals surface area (Å²) in [6.45, 7) is 1.68. The van der Waals surface area contributed by atoms with Gasteiger partial charge in [0.05, 0.1) is 0 Å². The van der Waals surface area contributed by atoms with Crippen LogP contribution in [0.4, 0.5) is 17.6 Å². The first-order valence-electron chi connectivity index (χ1n) is 4.97. The summed E-state index contributed by atoms with van der Waals surface area (Å²) in [6, 6.07) is 3.26. The SMILES string of the molecule is CC(CO)Cc1ccc(OC(F)(F)F)c(F)c1. The Labute approximate surface area is 95.8 Å². The molecule has 0 aliphatic carbocycles. The van der Waals surface area contributed by atoms with Gasteiger partial charge in [0.15, 0.2) is 11.6 Å². The Morgan fingerprint density at radius 2 is 2.00 bits per heavy atom. The van der Waals surface area contributed by atoms with E-state index in [9.17, 15) is 17.6 Å². The number of rotatable bonds is 4. The summed E-state index contributed by atoms with van der Waals surface area (Å²) in [4.78, 5) is 0. The zero-order valence-electron chi connectivity index (χ0n) is 9.09. The van der Waals surface area contributed by atoms with Crippen molar-refractivity contribution in [2.24, 2.45) is 5.92 Å². The van der Waals surface area contributed by atoms with Crippen molar-refractivity contribution in [3.05, 3.63) is 29.6 Å². The summed E-state index contributed by atoms with van der Waals surface area (Å²) < 4.78 is 52.3. The molecule has 0 aliphatic heterocycles. The van der Waals surface area contributed by atoms with Crippen molar-refractivity contribution in [1.29, 1.82) is 0 Å². The van der Waals surface area contributed by atoms with E-state index < -0.39 is 17.9 Å².